The van der Waals surface area contributed by atoms with Crippen LogP contribution in [-0.4, -0.2) is 31.7 Å². The van der Waals surface area contributed by atoms with Crippen LogP contribution >= 0.6 is 0 Å². The molecule has 1 aliphatic carbocycles. The summed E-state index contributed by atoms with van der Waals surface area (Å²) >= 11 is 0. The Labute approximate surface area is 164 Å². The zero-order chi connectivity index (χ0) is 19.9. The Morgan fingerprint density at radius 1 is 1.25 bits per heavy atom. The lowest BCUT2D eigenvalue weighted by Gasteiger charge is -2.17. The van der Waals surface area contributed by atoms with Gasteiger partial charge in [-0.3, -0.25) is 4.79 Å². The van der Waals surface area contributed by atoms with Gasteiger partial charge in [0, 0.05) is 24.7 Å². The standard InChI is InChI=1S/C21H23FN2O3S/c1-2-15-6-8-18(9-7-15)28(26,27)24-11-10-21(14-24)13-19(21)20(25)23-17-5-3-4-16(22)12-17/h3-9,12,19H,2,10-11,13-14H2,1H3,(H,23,25)/t19-,21+/m1/s1. The van der Waals surface area contributed by atoms with Gasteiger partial charge in [-0.2, -0.15) is 4.31 Å². The number of halogens is 1. The number of carbonyl (C=O) groups excluding carboxylic acids is 1. The minimum Gasteiger partial charge on any atom is -0.326 e. The second-order valence-electron chi connectivity index (χ2n) is 7.70. The smallest absolute Gasteiger partial charge is 0.243 e. The number of hydrogen-bond acceptors (Lipinski definition) is 3. The molecule has 7 heteroatoms. The van der Waals surface area contributed by atoms with Gasteiger partial charge in [0.25, 0.3) is 0 Å². The molecule has 0 bridgehead atoms. The minimum absolute atomic E-state index is 0.169. The number of amides is 1. The van der Waals surface area contributed by atoms with E-state index in [0.717, 1.165) is 12.0 Å². The number of benzene rings is 2. The van der Waals surface area contributed by atoms with E-state index in [0.29, 0.717) is 36.5 Å². The van der Waals surface area contributed by atoms with Gasteiger partial charge in [0.15, 0.2) is 0 Å². The van der Waals surface area contributed by atoms with Gasteiger partial charge in [0.05, 0.1) is 4.90 Å². The van der Waals surface area contributed by atoms with Crippen LogP contribution in [0.3, 0.4) is 0 Å². The van der Waals surface area contributed by atoms with E-state index in [1.54, 1.807) is 24.3 Å². The highest BCUT2D eigenvalue weighted by molar-refractivity contribution is 7.89. The molecule has 1 aliphatic heterocycles. The molecule has 1 N–H and O–H groups in total. The zero-order valence-corrected chi connectivity index (χ0v) is 16.5. The van der Waals surface area contributed by atoms with E-state index in [4.69, 9.17) is 0 Å². The Morgan fingerprint density at radius 2 is 2.00 bits per heavy atom. The Bertz CT molecular complexity index is 1010. The number of nitrogens with one attached hydrogen (secondary N) is 1. The van der Waals surface area contributed by atoms with E-state index < -0.39 is 15.8 Å². The second kappa shape index (κ2) is 6.97. The molecule has 1 saturated carbocycles. The van der Waals surface area contributed by atoms with Gasteiger partial charge in [-0.25, -0.2) is 12.8 Å². The molecular weight excluding hydrogens is 379 g/mol. The molecule has 28 heavy (non-hydrogen) atoms. The first-order chi connectivity index (χ1) is 13.3. The molecule has 2 fully saturated rings. The fourth-order valence-corrected chi connectivity index (χ4v) is 5.61. The quantitative estimate of drug-likeness (QED) is 0.833. The average Bonchev–Trinajstić information content (AvgIpc) is 3.21. The molecule has 2 aromatic rings. The maximum absolute atomic E-state index is 13.3. The summed E-state index contributed by atoms with van der Waals surface area (Å²) in [7, 11) is -3.56. The highest BCUT2D eigenvalue weighted by atomic mass is 32.2. The summed E-state index contributed by atoms with van der Waals surface area (Å²) in [5.74, 6) is -0.814. The van der Waals surface area contributed by atoms with Crippen LogP contribution in [-0.2, 0) is 21.2 Å². The van der Waals surface area contributed by atoms with Gasteiger partial charge in [-0.1, -0.05) is 25.1 Å². The van der Waals surface area contributed by atoms with E-state index in [9.17, 15) is 17.6 Å². The summed E-state index contributed by atoms with van der Waals surface area (Å²) in [6.07, 6.45) is 2.19. The van der Waals surface area contributed by atoms with Crippen molar-refractivity contribution in [1.82, 2.24) is 4.31 Å². The predicted molar refractivity (Wildman–Crippen MR) is 105 cm³/mol. The van der Waals surface area contributed by atoms with E-state index in [1.807, 2.05) is 19.1 Å². The van der Waals surface area contributed by atoms with E-state index >= 15 is 0 Å². The van der Waals surface area contributed by atoms with Crippen molar-refractivity contribution in [2.45, 2.75) is 31.1 Å². The van der Waals surface area contributed by atoms with Crippen molar-refractivity contribution in [3.63, 3.8) is 0 Å². The number of rotatable bonds is 5. The van der Waals surface area contributed by atoms with Crippen LogP contribution in [0.5, 0.6) is 0 Å². The Kier molecular flexibility index (Phi) is 4.75. The van der Waals surface area contributed by atoms with Gasteiger partial charge in [0.2, 0.25) is 15.9 Å². The molecule has 148 valence electrons. The van der Waals surface area contributed by atoms with Crippen LogP contribution in [0.15, 0.2) is 53.4 Å². The molecule has 0 radical (unpaired) electrons. The molecule has 0 aromatic heterocycles. The summed E-state index contributed by atoms with van der Waals surface area (Å²) in [5.41, 5.74) is 1.21. The number of aryl methyl sites for hydroxylation is 1. The number of sulfonamides is 1. The summed E-state index contributed by atoms with van der Waals surface area (Å²) in [6, 6.07) is 12.8. The highest BCUT2D eigenvalue weighted by Gasteiger charge is 2.62. The fourth-order valence-electron chi connectivity index (χ4n) is 4.07. The summed E-state index contributed by atoms with van der Waals surface area (Å²) in [4.78, 5) is 12.8. The zero-order valence-electron chi connectivity index (χ0n) is 15.7. The fraction of sp³-hybridized carbons (Fsp3) is 0.381. The molecule has 2 atom stereocenters. The van der Waals surface area contributed by atoms with Crippen LogP contribution in [0.1, 0.15) is 25.3 Å². The number of nitrogens with zero attached hydrogens (tertiary/aromatic N) is 1. The summed E-state index contributed by atoms with van der Waals surface area (Å²) < 4.78 is 40.7. The van der Waals surface area contributed by atoms with Crippen LogP contribution in [0.2, 0.25) is 0 Å². The van der Waals surface area contributed by atoms with Crippen LogP contribution < -0.4 is 5.32 Å². The summed E-state index contributed by atoms with van der Waals surface area (Å²) in [5, 5.41) is 2.75. The van der Waals surface area contributed by atoms with Crippen molar-refractivity contribution in [2.24, 2.45) is 11.3 Å². The highest BCUT2D eigenvalue weighted by Crippen LogP contribution is 2.59. The van der Waals surface area contributed by atoms with Gasteiger partial charge in [-0.15, -0.1) is 0 Å². The van der Waals surface area contributed by atoms with E-state index in [-0.39, 0.29) is 17.2 Å². The van der Waals surface area contributed by atoms with Gasteiger partial charge >= 0.3 is 0 Å². The second-order valence-corrected chi connectivity index (χ2v) is 9.64. The van der Waals surface area contributed by atoms with Crippen molar-refractivity contribution in [2.75, 3.05) is 18.4 Å². The van der Waals surface area contributed by atoms with Gasteiger partial charge in [-0.05, 0) is 60.6 Å². The third-order valence-electron chi connectivity index (χ3n) is 5.92. The van der Waals surface area contributed by atoms with Crippen molar-refractivity contribution >= 4 is 21.6 Å². The number of hydrogen-bond donors (Lipinski definition) is 1. The maximum atomic E-state index is 13.3. The third kappa shape index (κ3) is 3.44. The Morgan fingerprint density at radius 3 is 2.68 bits per heavy atom. The minimum atomic E-state index is -3.56. The molecule has 4 rings (SSSR count). The largest absolute Gasteiger partial charge is 0.326 e. The molecule has 1 spiro atoms. The van der Waals surface area contributed by atoms with Gasteiger partial charge in [0.1, 0.15) is 5.82 Å². The lowest BCUT2D eigenvalue weighted by atomic mass is 10.0. The van der Waals surface area contributed by atoms with Crippen molar-refractivity contribution in [3.8, 4) is 0 Å². The third-order valence-corrected chi connectivity index (χ3v) is 7.78. The number of anilines is 1. The topological polar surface area (TPSA) is 66.5 Å². The Hall–Kier alpha value is -2.25. The lowest BCUT2D eigenvalue weighted by molar-refractivity contribution is -0.118. The van der Waals surface area contributed by atoms with Crippen molar-refractivity contribution in [1.29, 1.82) is 0 Å². The maximum Gasteiger partial charge on any atom is 0.243 e. The van der Waals surface area contributed by atoms with E-state index in [2.05, 4.69) is 5.32 Å². The first-order valence-corrected chi connectivity index (χ1v) is 10.9. The van der Waals surface area contributed by atoms with Crippen LogP contribution in [0.4, 0.5) is 10.1 Å². The molecule has 5 nitrogen and oxygen atoms in total. The molecule has 1 heterocycles. The molecule has 1 saturated heterocycles. The lowest BCUT2D eigenvalue weighted by Crippen LogP contribution is -2.30. The SMILES string of the molecule is CCc1ccc(S(=O)(=O)N2CC[C@]3(C[C@@H]3C(=O)Nc3cccc(F)c3)C2)cc1. The Balaban J connectivity index is 1.43. The molecule has 2 aliphatic rings. The number of carbonyl (C=O) groups is 1. The van der Waals surface area contributed by atoms with Crippen LogP contribution in [0.25, 0.3) is 0 Å². The average molecular weight is 402 g/mol. The van der Waals surface area contributed by atoms with Crippen LogP contribution in [0, 0.1) is 17.2 Å². The van der Waals surface area contributed by atoms with E-state index in [1.165, 1.54) is 16.4 Å². The first kappa shape index (κ1) is 19.1. The van der Waals surface area contributed by atoms with Crippen molar-refractivity contribution < 1.29 is 17.6 Å². The first-order valence-electron chi connectivity index (χ1n) is 9.50. The van der Waals surface area contributed by atoms with Crippen molar-refractivity contribution in [3.05, 3.63) is 59.9 Å². The molecule has 1 amide bonds. The molecule has 0 unspecified atom stereocenters. The van der Waals surface area contributed by atoms with Gasteiger partial charge < -0.3 is 5.32 Å². The normalized spacial score (nSPS) is 24.4. The molecular formula is C21H23FN2O3S. The summed E-state index contributed by atoms with van der Waals surface area (Å²) in [6.45, 7) is 2.80. The molecule has 2 aromatic carbocycles. The predicted octanol–water partition coefficient (Wildman–Crippen LogP) is 3.43. The monoisotopic (exact) mass is 402 g/mol.